The van der Waals surface area contributed by atoms with Crippen molar-refractivity contribution in [1.82, 2.24) is 10.2 Å². The van der Waals surface area contributed by atoms with Gasteiger partial charge in [-0.05, 0) is 49.6 Å². The van der Waals surface area contributed by atoms with Crippen LogP contribution in [-0.4, -0.2) is 41.8 Å². The van der Waals surface area contributed by atoms with Crippen LogP contribution in [0.3, 0.4) is 0 Å². The fourth-order valence-corrected chi connectivity index (χ4v) is 3.11. The maximum atomic E-state index is 12.8. The minimum absolute atomic E-state index is 0.280. The molecular weight excluding hydrogens is 344 g/mol. The zero-order chi connectivity index (χ0) is 19.4. The van der Waals surface area contributed by atoms with Gasteiger partial charge in [0.2, 0.25) is 0 Å². The molecule has 0 aromatic heterocycles. The quantitative estimate of drug-likeness (QED) is 0.604. The number of aryl methyl sites for hydroxylation is 1. The number of ketones is 1. The standard InChI is InChI=1S/C21H22N2O4/c1-21(13-12-15-6-4-3-5-7-15)19(25)23(20(26)22-21)14-18(24)16-8-10-17(27-2)11-9-16/h3-11H,12-14H2,1-2H3,(H,22,26)/t21-/m1/s1. The first kappa shape index (κ1) is 18.6. The summed E-state index contributed by atoms with van der Waals surface area (Å²) < 4.78 is 5.07. The molecule has 1 heterocycles. The van der Waals surface area contributed by atoms with Gasteiger partial charge in [-0.15, -0.1) is 0 Å². The summed E-state index contributed by atoms with van der Waals surface area (Å²) in [5, 5.41) is 2.74. The molecule has 0 unspecified atom stereocenters. The van der Waals surface area contributed by atoms with Gasteiger partial charge in [0.25, 0.3) is 5.91 Å². The van der Waals surface area contributed by atoms with Crippen LogP contribution in [0.1, 0.15) is 29.3 Å². The average molecular weight is 366 g/mol. The van der Waals surface area contributed by atoms with E-state index in [0.717, 1.165) is 10.5 Å². The summed E-state index contributed by atoms with van der Waals surface area (Å²) in [5.74, 6) is -0.0335. The number of amides is 3. The first-order valence-electron chi connectivity index (χ1n) is 8.78. The molecule has 6 heteroatoms. The van der Waals surface area contributed by atoms with Gasteiger partial charge in [0, 0.05) is 5.56 Å². The number of urea groups is 1. The molecule has 140 valence electrons. The molecule has 0 saturated carbocycles. The largest absolute Gasteiger partial charge is 0.497 e. The lowest BCUT2D eigenvalue weighted by atomic mass is 9.93. The van der Waals surface area contributed by atoms with Crippen molar-refractivity contribution in [2.24, 2.45) is 0 Å². The van der Waals surface area contributed by atoms with E-state index in [9.17, 15) is 14.4 Å². The molecule has 2 aromatic rings. The van der Waals surface area contributed by atoms with Crippen molar-refractivity contribution >= 4 is 17.7 Å². The Morgan fingerprint density at radius 3 is 2.37 bits per heavy atom. The summed E-state index contributed by atoms with van der Waals surface area (Å²) in [4.78, 5) is 38.6. The lowest BCUT2D eigenvalue weighted by Gasteiger charge is -2.21. The second-order valence-electron chi connectivity index (χ2n) is 6.79. The Labute approximate surface area is 158 Å². The molecule has 1 fully saturated rings. The van der Waals surface area contributed by atoms with Crippen molar-refractivity contribution in [1.29, 1.82) is 0 Å². The molecule has 6 nitrogen and oxygen atoms in total. The molecule has 1 N–H and O–H groups in total. The van der Waals surface area contributed by atoms with Crippen LogP contribution in [-0.2, 0) is 11.2 Å². The number of ether oxygens (including phenoxy) is 1. The summed E-state index contributed by atoms with van der Waals surface area (Å²) >= 11 is 0. The number of hydrogen-bond acceptors (Lipinski definition) is 4. The van der Waals surface area contributed by atoms with Gasteiger partial charge in [-0.2, -0.15) is 0 Å². The fraction of sp³-hybridized carbons (Fsp3) is 0.286. The molecule has 0 spiro atoms. The summed E-state index contributed by atoms with van der Waals surface area (Å²) in [6, 6.07) is 15.8. The third-order valence-electron chi connectivity index (χ3n) is 4.82. The van der Waals surface area contributed by atoms with Gasteiger partial charge in [-0.3, -0.25) is 14.5 Å². The van der Waals surface area contributed by atoms with Crippen LogP contribution in [0.5, 0.6) is 5.75 Å². The van der Waals surface area contributed by atoms with Gasteiger partial charge in [-0.25, -0.2) is 4.79 Å². The number of rotatable bonds is 7. The number of carbonyl (C=O) groups is 3. The summed E-state index contributed by atoms with van der Waals surface area (Å²) in [7, 11) is 1.54. The molecule has 3 rings (SSSR count). The number of Topliss-reactive ketones (excluding diaryl/α,β-unsaturated/α-hetero) is 1. The zero-order valence-corrected chi connectivity index (χ0v) is 15.4. The van der Waals surface area contributed by atoms with E-state index in [4.69, 9.17) is 4.74 Å². The minimum Gasteiger partial charge on any atom is -0.497 e. The molecule has 1 aliphatic heterocycles. The number of nitrogens with one attached hydrogen (secondary N) is 1. The van der Waals surface area contributed by atoms with Gasteiger partial charge >= 0.3 is 6.03 Å². The maximum Gasteiger partial charge on any atom is 0.325 e. The van der Waals surface area contributed by atoms with Crippen molar-refractivity contribution in [3.05, 3.63) is 65.7 Å². The van der Waals surface area contributed by atoms with E-state index in [2.05, 4.69) is 5.32 Å². The van der Waals surface area contributed by atoms with Gasteiger partial charge in [0.05, 0.1) is 13.7 Å². The number of nitrogens with zero attached hydrogens (tertiary/aromatic N) is 1. The van der Waals surface area contributed by atoms with Gasteiger partial charge in [0.1, 0.15) is 11.3 Å². The van der Waals surface area contributed by atoms with E-state index in [1.54, 1.807) is 38.3 Å². The van der Waals surface area contributed by atoms with E-state index in [-0.39, 0.29) is 18.2 Å². The second kappa shape index (κ2) is 7.61. The highest BCUT2D eigenvalue weighted by Gasteiger charge is 2.47. The van der Waals surface area contributed by atoms with Crippen molar-refractivity contribution in [2.45, 2.75) is 25.3 Å². The maximum absolute atomic E-state index is 12.8. The highest BCUT2D eigenvalue weighted by Crippen LogP contribution is 2.24. The molecule has 0 radical (unpaired) electrons. The average Bonchev–Trinajstić information content (AvgIpc) is 2.90. The highest BCUT2D eigenvalue weighted by atomic mass is 16.5. The third-order valence-corrected chi connectivity index (χ3v) is 4.82. The Kier molecular flexibility index (Phi) is 5.26. The monoisotopic (exact) mass is 366 g/mol. The molecule has 2 aromatic carbocycles. The predicted molar refractivity (Wildman–Crippen MR) is 101 cm³/mol. The topological polar surface area (TPSA) is 75.7 Å². The summed E-state index contributed by atoms with van der Waals surface area (Å²) in [6.45, 7) is 1.42. The predicted octanol–water partition coefficient (Wildman–Crippen LogP) is 2.82. The van der Waals surface area contributed by atoms with Crippen molar-refractivity contribution in [3.63, 3.8) is 0 Å². The van der Waals surface area contributed by atoms with Crippen LogP contribution in [0.25, 0.3) is 0 Å². The molecule has 27 heavy (non-hydrogen) atoms. The molecule has 1 atom stereocenters. The lowest BCUT2D eigenvalue weighted by molar-refractivity contribution is -0.130. The van der Waals surface area contributed by atoms with Crippen molar-refractivity contribution in [3.8, 4) is 5.75 Å². The Balaban J connectivity index is 1.66. The van der Waals surface area contributed by atoms with Crippen molar-refractivity contribution in [2.75, 3.05) is 13.7 Å². The van der Waals surface area contributed by atoms with Crippen LogP contribution < -0.4 is 10.1 Å². The molecule has 1 aliphatic rings. The number of methoxy groups -OCH3 is 1. The van der Waals surface area contributed by atoms with Crippen LogP contribution in [0, 0.1) is 0 Å². The van der Waals surface area contributed by atoms with E-state index < -0.39 is 11.6 Å². The molecule has 0 aliphatic carbocycles. The smallest absolute Gasteiger partial charge is 0.325 e. The van der Waals surface area contributed by atoms with Crippen LogP contribution in [0.4, 0.5) is 4.79 Å². The lowest BCUT2D eigenvalue weighted by Crippen LogP contribution is -2.44. The van der Waals surface area contributed by atoms with E-state index >= 15 is 0 Å². The number of benzene rings is 2. The third kappa shape index (κ3) is 4.00. The van der Waals surface area contributed by atoms with Gasteiger partial charge < -0.3 is 10.1 Å². The minimum atomic E-state index is -1.01. The van der Waals surface area contributed by atoms with Crippen LogP contribution >= 0.6 is 0 Å². The van der Waals surface area contributed by atoms with Gasteiger partial charge in [0.15, 0.2) is 5.78 Å². The van der Waals surface area contributed by atoms with E-state index in [0.29, 0.717) is 24.2 Å². The number of carbonyl (C=O) groups excluding carboxylic acids is 3. The number of imide groups is 1. The Morgan fingerprint density at radius 1 is 1.07 bits per heavy atom. The zero-order valence-electron chi connectivity index (χ0n) is 15.4. The Hall–Kier alpha value is -3.15. The van der Waals surface area contributed by atoms with E-state index in [1.165, 1.54) is 0 Å². The fourth-order valence-electron chi connectivity index (χ4n) is 3.11. The summed E-state index contributed by atoms with van der Waals surface area (Å²) in [6.07, 6.45) is 1.12. The second-order valence-corrected chi connectivity index (χ2v) is 6.79. The van der Waals surface area contributed by atoms with Gasteiger partial charge in [-0.1, -0.05) is 30.3 Å². The molecule has 0 bridgehead atoms. The molecule has 3 amide bonds. The highest BCUT2D eigenvalue weighted by molar-refractivity contribution is 6.11. The number of hydrogen-bond donors (Lipinski definition) is 1. The molecule has 1 saturated heterocycles. The first-order chi connectivity index (χ1) is 12.9. The first-order valence-corrected chi connectivity index (χ1v) is 8.78. The molecular formula is C21H22N2O4. The Bertz CT molecular complexity index is 848. The van der Waals surface area contributed by atoms with Crippen molar-refractivity contribution < 1.29 is 19.1 Å². The summed E-state index contributed by atoms with van der Waals surface area (Å²) in [5.41, 5.74) is 0.510. The van der Waals surface area contributed by atoms with Crippen LogP contribution in [0.15, 0.2) is 54.6 Å². The Morgan fingerprint density at radius 2 is 1.74 bits per heavy atom. The normalized spacial score (nSPS) is 19.1. The SMILES string of the molecule is COc1ccc(C(=O)CN2C(=O)N[C@](C)(CCc3ccccc3)C2=O)cc1. The van der Waals surface area contributed by atoms with E-state index in [1.807, 2.05) is 30.3 Å². The van der Waals surface area contributed by atoms with Crippen LogP contribution in [0.2, 0.25) is 0 Å².